The molecule has 2 heterocycles. The Morgan fingerprint density at radius 3 is 3.06 bits per heavy atom. The molecule has 0 radical (unpaired) electrons. The van der Waals surface area contributed by atoms with Crippen molar-refractivity contribution in [1.29, 1.82) is 0 Å². The largest absolute Gasteiger partial charge is 0.377 e. The molecule has 2 rings (SSSR count). The fourth-order valence-corrected chi connectivity index (χ4v) is 3.48. The van der Waals surface area contributed by atoms with E-state index < -0.39 is 0 Å². The van der Waals surface area contributed by atoms with Crippen molar-refractivity contribution in [3.63, 3.8) is 0 Å². The molecular weight excluding hydrogens is 232 g/mol. The van der Waals surface area contributed by atoms with Gasteiger partial charge in [0.25, 0.3) is 0 Å². The third kappa shape index (κ3) is 2.88. The zero-order chi connectivity index (χ0) is 12.3. The normalized spacial score (nSPS) is 28.2. The van der Waals surface area contributed by atoms with E-state index in [0.717, 1.165) is 19.5 Å². The smallest absolute Gasteiger partial charge is 0.0777 e. The van der Waals surface area contributed by atoms with Gasteiger partial charge in [-0.3, -0.25) is 4.90 Å². The molecule has 0 bridgehead atoms. The molecule has 2 atom stereocenters. The molecule has 1 fully saturated rings. The second-order valence-electron chi connectivity index (χ2n) is 4.99. The summed E-state index contributed by atoms with van der Waals surface area (Å²) in [4.78, 5) is 3.84. The zero-order valence-electron chi connectivity index (χ0n) is 10.7. The van der Waals surface area contributed by atoms with Crippen LogP contribution in [0.1, 0.15) is 30.7 Å². The highest BCUT2D eigenvalue weighted by atomic mass is 32.1. The highest BCUT2D eigenvalue weighted by Gasteiger charge is 2.34. The fraction of sp³-hybridized carbons (Fsp3) is 0.692. The van der Waals surface area contributed by atoms with Gasteiger partial charge in [-0.05, 0) is 37.8 Å². The average Bonchev–Trinajstić information content (AvgIpc) is 2.84. The molecule has 96 valence electrons. The van der Waals surface area contributed by atoms with Gasteiger partial charge in [-0.15, -0.1) is 11.3 Å². The first-order chi connectivity index (χ1) is 8.18. The number of hydrogen-bond acceptors (Lipinski definition) is 4. The minimum Gasteiger partial charge on any atom is -0.377 e. The van der Waals surface area contributed by atoms with Gasteiger partial charge in [-0.1, -0.05) is 6.07 Å². The van der Waals surface area contributed by atoms with Crippen molar-refractivity contribution in [2.24, 2.45) is 5.73 Å². The summed E-state index contributed by atoms with van der Waals surface area (Å²) in [6.45, 7) is 4.98. The Hall–Kier alpha value is -0.420. The molecule has 0 aromatic carbocycles. The second kappa shape index (κ2) is 5.48. The lowest BCUT2D eigenvalue weighted by Gasteiger charge is -2.42. The number of thiophene rings is 1. The van der Waals surface area contributed by atoms with Crippen molar-refractivity contribution in [2.45, 2.75) is 31.4 Å². The molecule has 1 aliphatic heterocycles. The van der Waals surface area contributed by atoms with Crippen LogP contribution >= 0.6 is 11.3 Å². The number of methoxy groups -OCH3 is 1. The van der Waals surface area contributed by atoms with Crippen LogP contribution in [-0.4, -0.2) is 37.2 Å². The van der Waals surface area contributed by atoms with E-state index >= 15 is 0 Å². The molecule has 3 nitrogen and oxygen atoms in total. The standard InChI is InChI=1S/C13H22N2OS/c1-13(16-2)6-4-7-15(10-13)11(9-14)12-5-3-8-17-12/h3,5,8,11H,4,6-7,9-10,14H2,1-2H3. The summed E-state index contributed by atoms with van der Waals surface area (Å²) in [5.41, 5.74) is 5.94. The lowest BCUT2D eigenvalue weighted by Crippen LogP contribution is -2.49. The first kappa shape index (κ1) is 13.0. The van der Waals surface area contributed by atoms with Gasteiger partial charge in [-0.25, -0.2) is 0 Å². The highest BCUT2D eigenvalue weighted by Crippen LogP contribution is 2.31. The number of likely N-dealkylation sites (tertiary alicyclic amines) is 1. The van der Waals surface area contributed by atoms with Crippen LogP contribution in [0.4, 0.5) is 0 Å². The third-order valence-electron chi connectivity index (χ3n) is 3.72. The molecule has 0 saturated carbocycles. The Balaban J connectivity index is 2.10. The van der Waals surface area contributed by atoms with Gasteiger partial charge in [-0.2, -0.15) is 0 Å². The summed E-state index contributed by atoms with van der Waals surface area (Å²) in [6, 6.07) is 4.63. The number of hydrogen-bond donors (Lipinski definition) is 1. The maximum atomic E-state index is 5.95. The summed E-state index contributed by atoms with van der Waals surface area (Å²) < 4.78 is 5.64. The first-order valence-corrected chi connectivity index (χ1v) is 7.09. The van der Waals surface area contributed by atoms with E-state index in [1.807, 2.05) is 7.11 Å². The second-order valence-corrected chi connectivity index (χ2v) is 5.97. The van der Waals surface area contributed by atoms with E-state index in [1.54, 1.807) is 11.3 Å². The van der Waals surface area contributed by atoms with Crippen molar-refractivity contribution in [2.75, 3.05) is 26.7 Å². The predicted octanol–water partition coefficient (Wildman–Crippen LogP) is 2.25. The molecule has 0 spiro atoms. The quantitative estimate of drug-likeness (QED) is 0.895. The fourth-order valence-electron chi connectivity index (χ4n) is 2.60. The predicted molar refractivity (Wildman–Crippen MR) is 72.3 cm³/mol. The van der Waals surface area contributed by atoms with Gasteiger partial charge in [0.15, 0.2) is 0 Å². The monoisotopic (exact) mass is 254 g/mol. The molecule has 17 heavy (non-hydrogen) atoms. The van der Waals surface area contributed by atoms with E-state index in [9.17, 15) is 0 Å². The number of piperidine rings is 1. The molecule has 1 aliphatic rings. The SMILES string of the molecule is COC1(C)CCCN(C(CN)c2cccs2)C1. The molecule has 4 heteroatoms. The first-order valence-electron chi connectivity index (χ1n) is 6.21. The number of ether oxygens (including phenoxy) is 1. The van der Waals surface area contributed by atoms with E-state index in [0.29, 0.717) is 12.6 Å². The Kier molecular flexibility index (Phi) is 4.20. The van der Waals surface area contributed by atoms with Crippen LogP contribution in [0.15, 0.2) is 17.5 Å². The van der Waals surface area contributed by atoms with Crippen LogP contribution < -0.4 is 5.73 Å². The summed E-state index contributed by atoms with van der Waals surface area (Å²) in [6.07, 6.45) is 2.33. The number of nitrogens with two attached hydrogens (primary N) is 1. The minimum atomic E-state index is -0.0110. The van der Waals surface area contributed by atoms with E-state index in [4.69, 9.17) is 10.5 Å². The van der Waals surface area contributed by atoms with Gasteiger partial charge >= 0.3 is 0 Å². The maximum absolute atomic E-state index is 5.95. The van der Waals surface area contributed by atoms with Crippen LogP contribution in [0, 0.1) is 0 Å². The van der Waals surface area contributed by atoms with Crippen molar-refractivity contribution in [1.82, 2.24) is 4.90 Å². The van der Waals surface area contributed by atoms with E-state index in [1.165, 1.54) is 11.3 Å². The van der Waals surface area contributed by atoms with Crippen LogP contribution in [0.2, 0.25) is 0 Å². The van der Waals surface area contributed by atoms with Gasteiger partial charge in [0, 0.05) is 25.1 Å². The van der Waals surface area contributed by atoms with E-state index in [-0.39, 0.29) is 5.60 Å². The third-order valence-corrected chi connectivity index (χ3v) is 4.69. The Labute approximate surface area is 108 Å². The van der Waals surface area contributed by atoms with E-state index in [2.05, 4.69) is 29.3 Å². The summed E-state index contributed by atoms with van der Waals surface area (Å²) in [5, 5.41) is 2.12. The van der Waals surface area contributed by atoms with Crippen LogP contribution in [0.3, 0.4) is 0 Å². The Morgan fingerprint density at radius 2 is 2.47 bits per heavy atom. The lowest BCUT2D eigenvalue weighted by atomic mass is 9.93. The molecule has 1 aromatic heterocycles. The topological polar surface area (TPSA) is 38.5 Å². The van der Waals surface area contributed by atoms with Gasteiger partial charge in [0.05, 0.1) is 11.6 Å². The minimum absolute atomic E-state index is 0.0110. The molecule has 1 saturated heterocycles. The van der Waals surface area contributed by atoms with Crippen LogP contribution in [0.5, 0.6) is 0 Å². The van der Waals surface area contributed by atoms with Crippen molar-refractivity contribution >= 4 is 11.3 Å². The molecule has 2 N–H and O–H groups in total. The zero-order valence-corrected chi connectivity index (χ0v) is 11.5. The lowest BCUT2D eigenvalue weighted by molar-refractivity contribution is -0.0605. The van der Waals surface area contributed by atoms with Crippen molar-refractivity contribution in [3.05, 3.63) is 22.4 Å². The van der Waals surface area contributed by atoms with Gasteiger partial charge in [0.1, 0.15) is 0 Å². The molecule has 2 unspecified atom stereocenters. The Morgan fingerprint density at radius 1 is 1.65 bits per heavy atom. The average molecular weight is 254 g/mol. The van der Waals surface area contributed by atoms with Crippen LogP contribution in [0.25, 0.3) is 0 Å². The molecule has 0 amide bonds. The molecule has 1 aromatic rings. The highest BCUT2D eigenvalue weighted by molar-refractivity contribution is 7.10. The van der Waals surface area contributed by atoms with Crippen LogP contribution in [-0.2, 0) is 4.74 Å². The Bertz CT molecular complexity index is 341. The van der Waals surface area contributed by atoms with Crippen molar-refractivity contribution in [3.8, 4) is 0 Å². The summed E-state index contributed by atoms with van der Waals surface area (Å²) in [5.74, 6) is 0. The number of nitrogens with zero attached hydrogens (tertiary/aromatic N) is 1. The summed E-state index contributed by atoms with van der Waals surface area (Å²) in [7, 11) is 1.81. The maximum Gasteiger partial charge on any atom is 0.0777 e. The molecular formula is C13H22N2OS. The number of rotatable bonds is 4. The van der Waals surface area contributed by atoms with Gasteiger partial charge < -0.3 is 10.5 Å². The summed E-state index contributed by atoms with van der Waals surface area (Å²) >= 11 is 1.79. The van der Waals surface area contributed by atoms with Gasteiger partial charge in [0.2, 0.25) is 0 Å². The molecule has 0 aliphatic carbocycles. The van der Waals surface area contributed by atoms with Crippen molar-refractivity contribution < 1.29 is 4.74 Å².